The van der Waals surface area contributed by atoms with Gasteiger partial charge in [-0.15, -0.1) is 24.8 Å². The molecule has 1 N–H and O–H groups in total. The van der Waals surface area contributed by atoms with E-state index in [1.54, 1.807) is 0 Å². The van der Waals surface area contributed by atoms with E-state index in [0.29, 0.717) is 6.04 Å². The lowest BCUT2D eigenvalue weighted by atomic mass is 9.89. The van der Waals surface area contributed by atoms with E-state index in [9.17, 15) is 0 Å². The van der Waals surface area contributed by atoms with Gasteiger partial charge in [-0.2, -0.15) is 0 Å². The molecule has 2 aliphatic rings. The lowest BCUT2D eigenvalue weighted by Gasteiger charge is -2.38. The Morgan fingerprint density at radius 1 is 0.815 bits per heavy atom. The van der Waals surface area contributed by atoms with Crippen molar-refractivity contribution in [1.29, 1.82) is 0 Å². The van der Waals surface area contributed by atoms with Crippen molar-refractivity contribution in [3.05, 3.63) is 60.2 Å². The largest absolute Gasteiger partial charge is 0.457 e. The third kappa shape index (κ3) is 5.61. The summed E-state index contributed by atoms with van der Waals surface area (Å²) < 4.78 is 5.96. The van der Waals surface area contributed by atoms with Gasteiger partial charge in [0.05, 0.1) is 0 Å². The zero-order chi connectivity index (χ0) is 16.9. The molecule has 1 aliphatic heterocycles. The maximum atomic E-state index is 5.96. The molecule has 0 spiro atoms. The number of benzene rings is 2. The summed E-state index contributed by atoms with van der Waals surface area (Å²) in [6.07, 6.45) is 5.53. The second-order valence-corrected chi connectivity index (χ2v) is 7.26. The molecule has 1 aliphatic carbocycles. The molecule has 2 aromatic rings. The topological polar surface area (TPSA) is 24.5 Å². The molecule has 0 aromatic heterocycles. The van der Waals surface area contributed by atoms with Crippen LogP contribution in [0.2, 0.25) is 0 Å². The van der Waals surface area contributed by atoms with Crippen molar-refractivity contribution in [2.45, 2.75) is 31.7 Å². The summed E-state index contributed by atoms with van der Waals surface area (Å²) in [5.41, 5.74) is 1.45. The van der Waals surface area contributed by atoms with Crippen LogP contribution in [0, 0.1) is 5.92 Å². The van der Waals surface area contributed by atoms with Crippen LogP contribution in [0.3, 0.4) is 0 Å². The Hall–Kier alpha value is -1.26. The highest BCUT2D eigenvalue weighted by molar-refractivity contribution is 5.85. The number of hydrogen-bond acceptors (Lipinski definition) is 3. The number of rotatable bonds is 5. The van der Waals surface area contributed by atoms with Crippen LogP contribution in [0.4, 0.5) is 0 Å². The highest BCUT2D eigenvalue weighted by Gasteiger charge is 2.31. The van der Waals surface area contributed by atoms with E-state index in [2.05, 4.69) is 34.5 Å². The average Bonchev–Trinajstić information content (AvgIpc) is 3.19. The molecule has 3 nitrogen and oxygen atoms in total. The van der Waals surface area contributed by atoms with E-state index < -0.39 is 0 Å². The Bertz CT molecular complexity index is 654. The van der Waals surface area contributed by atoms with Crippen molar-refractivity contribution < 1.29 is 4.74 Å². The first-order chi connectivity index (χ1) is 12.4. The molecule has 2 aromatic carbocycles. The average molecular weight is 409 g/mol. The quantitative estimate of drug-likeness (QED) is 0.710. The fraction of sp³-hybridized carbons (Fsp3) is 0.455. The van der Waals surface area contributed by atoms with Gasteiger partial charge < -0.3 is 10.1 Å². The molecular weight excluding hydrogens is 379 g/mol. The molecule has 0 amide bonds. The standard InChI is InChI=1S/C22H28N2O.2ClH/c1-2-8-20(9-3-1)25-21-12-10-19(11-13-21)22(18-6-4-5-7-18)24-16-14-23-15-17-24;;/h1-3,8-13,18,22-23H,4-7,14-17H2;2*1H/t22-;;/m0../s1. The Morgan fingerprint density at radius 3 is 2.04 bits per heavy atom. The zero-order valence-electron chi connectivity index (χ0n) is 15.7. The predicted molar refractivity (Wildman–Crippen MR) is 117 cm³/mol. The monoisotopic (exact) mass is 408 g/mol. The van der Waals surface area contributed by atoms with Gasteiger partial charge >= 0.3 is 0 Å². The summed E-state index contributed by atoms with van der Waals surface area (Å²) in [4.78, 5) is 2.69. The number of hydrogen-bond donors (Lipinski definition) is 1. The van der Waals surface area contributed by atoms with Gasteiger partial charge in [-0.3, -0.25) is 4.90 Å². The smallest absolute Gasteiger partial charge is 0.127 e. The van der Waals surface area contributed by atoms with E-state index in [0.717, 1.165) is 43.6 Å². The third-order valence-corrected chi connectivity index (χ3v) is 5.59. The lowest BCUT2D eigenvalue weighted by molar-refractivity contribution is 0.125. The van der Waals surface area contributed by atoms with Crippen molar-refractivity contribution in [3.63, 3.8) is 0 Å². The minimum absolute atomic E-state index is 0. The minimum Gasteiger partial charge on any atom is -0.457 e. The normalized spacial score (nSPS) is 19.0. The summed E-state index contributed by atoms with van der Waals surface area (Å²) in [6.45, 7) is 4.53. The van der Waals surface area contributed by atoms with Crippen LogP contribution < -0.4 is 10.1 Å². The number of piperazine rings is 1. The molecule has 1 saturated heterocycles. The van der Waals surface area contributed by atoms with Gasteiger partial charge in [-0.05, 0) is 48.6 Å². The summed E-state index contributed by atoms with van der Waals surface area (Å²) in [6, 6.07) is 19.4. The van der Waals surface area contributed by atoms with Gasteiger partial charge in [0.1, 0.15) is 11.5 Å². The molecule has 27 heavy (non-hydrogen) atoms. The van der Waals surface area contributed by atoms with Crippen LogP contribution in [0.1, 0.15) is 37.3 Å². The molecule has 1 heterocycles. The van der Waals surface area contributed by atoms with Crippen LogP contribution >= 0.6 is 24.8 Å². The third-order valence-electron chi connectivity index (χ3n) is 5.59. The maximum Gasteiger partial charge on any atom is 0.127 e. The second kappa shape index (κ2) is 10.9. The fourth-order valence-electron chi connectivity index (χ4n) is 4.37. The molecule has 0 unspecified atom stereocenters. The van der Waals surface area contributed by atoms with Gasteiger partial charge in [-0.25, -0.2) is 0 Å². The number of nitrogens with one attached hydrogen (secondary N) is 1. The molecule has 2 fully saturated rings. The van der Waals surface area contributed by atoms with Crippen LogP contribution in [-0.4, -0.2) is 31.1 Å². The van der Waals surface area contributed by atoms with E-state index in [1.165, 1.54) is 31.2 Å². The molecule has 1 atom stereocenters. The van der Waals surface area contributed by atoms with Crippen LogP contribution in [0.25, 0.3) is 0 Å². The highest BCUT2D eigenvalue weighted by atomic mass is 35.5. The maximum absolute atomic E-state index is 5.96. The first-order valence-corrected chi connectivity index (χ1v) is 9.68. The van der Waals surface area contributed by atoms with Crippen LogP contribution in [0.15, 0.2) is 54.6 Å². The number of para-hydroxylation sites is 1. The summed E-state index contributed by atoms with van der Waals surface area (Å²) in [5, 5.41) is 3.49. The van der Waals surface area contributed by atoms with Crippen LogP contribution in [-0.2, 0) is 0 Å². The minimum atomic E-state index is 0. The highest BCUT2D eigenvalue weighted by Crippen LogP contribution is 2.40. The van der Waals surface area contributed by atoms with Gasteiger partial charge in [0.25, 0.3) is 0 Å². The molecule has 148 valence electrons. The van der Waals surface area contributed by atoms with E-state index in [4.69, 9.17) is 4.74 Å². The summed E-state index contributed by atoms with van der Waals surface area (Å²) in [5.74, 6) is 2.61. The van der Waals surface area contributed by atoms with Crippen molar-refractivity contribution in [1.82, 2.24) is 10.2 Å². The van der Waals surface area contributed by atoms with Gasteiger partial charge in [0, 0.05) is 32.2 Å². The number of halogens is 2. The van der Waals surface area contributed by atoms with E-state index in [1.807, 2.05) is 30.3 Å². The predicted octanol–water partition coefficient (Wildman–Crippen LogP) is 5.46. The van der Waals surface area contributed by atoms with E-state index in [-0.39, 0.29) is 24.8 Å². The first kappa shape index (κ1) is 22.0. The Labute approximate surface area is 175 Å². The molecule has 5 heteroatoms. The lowest BCUT2D eigenvalue weighted by Crippen LogP contribution is -2.46. The van der Waals surface area contributed by atoms with Crippen molar-refractivity contribution >= 4 is 24.8 Å². The van der Waals surface area contributed by atoms with Crippen molar-refractivity contribution in [2.75, 3.05) is 26.2 Å². The SMILES string of the molecule is Cl.Cl.c1ccc(Oc2ccc([C@H](C3CCCC3)N3CCNCC3)cc2)cc1. The second-order valence-electron chi connectivity index (χ2n) is 7.26. The summed E-state index contributed by atoms with van der Waals surface area (Å²) in [7, 11) is 0. The molecule has 4 rings (SSSR count). The Balaban J connectivity index is 0.00000131. The Morgan fingerprint density at radius 2 is 1.41 bits per heavy atom. The fourth-order valence-corrected chi connectivity index (χ4v) is 4.37. The van der Waals surface area contributed by atoms with Gasteiger partial charge in [0.15, 0.2) is 0 Å². The Kier molecular flexibility index (Phi) is 8.91. The molecular formula is C22H30Cl2N2O. The molecule has 1 saturated carbocycles. The van der Waals surface area contributed by atoms with Crippen LogP contribution in [0.5, 0.6) is 11.5 Å². The molecule has 0 bridgehead atoms. The van der Waals surface area contributed by atoms with Gasteiger partial charge in [0.2, 0.25) is 0 Å². The van der Waals surface area contributed by atoms with Crippen molar-refractivity contribution in [2.24, 2.45) is 5.92 Å². The van der Waals surface area contributed by atoms with E-state index >= 15 is 0 Å². The first-order valence-electron chi connectivity index (χ1n) is 9.68. The van der Waals surface area contributed by atoms with Crippen molar-refractivity contribution in [3.8, 4) is 11.5 Å². The number of nitrogens with zero attached hydrogens (tertiary/aromatic N) is 1. The number of ether oxygens (including phenoxy) is 1. The van der Waals surface area contributed by atoms with Gasteiger partial charge in [-0.1, -0.05) is 43.2 Å². The molecule has 0 radical (unpaired) electrons. The summed E-state index contributed by atoms with van der Waals surface area (Å²) >= 11 is 0. The zero-order valence-corrected chi connectivity index (χ0v) is 17.3.